The third-order valence-corrected chi connectivity index (χ3v) is 8.26. The number of rotatable bonds is 9. The molecule has 2 amide bonds. The van der Waals surface area contributed by atoms with Crippen molar-refractivity contribution >= 4 is 65.5 Å². The lowest BCUT2D eigenvalue weighted by Crippen LogP contribution is -2.55. The van der Waals surface area contributed by atoms with Gasteiger partial charge in [-0.05, 0) is 0 Å². The number of esters is 4. The van der Waals surface area contributed by atoms with Crippen LogP contribution in [0.5, 0.6) is 0 Å². The Morgan fingerprint density at radius 2 is 1.24 bits per heavy atom. The topological polar surface area (TPSA) is 163 Å². The predicted molar refractivity (Wildman–Crippen MR) is 125 cm³/mol. The molecule has 0 unspecified atom stereocenters. The molecule has 2 atom stereocenters. The first-order chi connectivity index (χ1) is 17.6. The Morgan fingerprint density at radius 3 is 1.57 bits per heavy atom. The van der Waals surface area contributed by atoms with Crippen LogP contribution in [0.2, 0.25) is 0 Å². The molecule has 13 nitrogen and oxygen atoms in total. The van der Waals surface area contributed by atoms with Crippen molar-refractivity contribution in [3.8, 4) is 0 Å². The lowest BCUT2D eigenvalue weighted by atomic mass is 10.1. The molecule has 0 radical (unpaired) electrons. The van der Waals surface area contributed by atoms with Gasteiger partial charge in [0.05, 0.1) is 23.6 Å². The van der Waals surface area contributed by atoms with Crippen LogP contribution in [0.4, 0.5) is 0 Å². The van der Waals surface area contributed by atoms with Gasteiger partial charge in [-0.15, -0.1) is 23.5 Å². The van der Waals surface area contributed by atoms with Crippen LogP contribution in [0.15, 0.2) is 22.5 Å². The van der Waals surface area contributed by atoms with Gasteiger partial charge in [0.25, 0.3) is 0 Å². The molecule has 2 fully saturated rings. The van der Waals surface area contributed by atoms with Crippen LogP contribution in [0.3, 0.4) is 0 Å². The maximum absolute atomic E-state index is 13.0. The van der Waals surface area contributed by atoms with E-state index in [1.807, 2.05) is 0 Å². The molecule has 4 aliphatic heterocycles. The normalized spacial score (nSPS) is 22.5. The fourth-order valence-corrected chi connectivity index (χ4v) is 6.43. The first-order valence-corrected chi connectivity index (χ1v) is 13.2. The molecule has 15 heteroatoms. The van der Waals surface area contributed by atoms with Crippen molar-refractivity contribution in [1.29, 1.82) is 0 Å². The zero-order valence-corrected chi connectivity index (χ0v) is 21.4. The summed E-state index contributed by atoms with van der Waals surface area (Å²) in [6.07, 6.45) is -1.51. The second kappa shape index (κ2) is 11.0. The van der Waals surface area contributed by atoms with Gasteiger partial charge in [-0.25, -0.2) is 9.59 Å². The summed E-state index contributed by atoms with van der Waals surface area (Å²) >= 11 is 2.75. The highest BCUT2D eigenvalue weighted by Gasteiger charge is 2.48. The van der Waals surface area contributed by atoms with Crippen LogP contribution in [0.1, 0.15) is 26.7 Å². The van der Waals surface area contributed by atoms with E-state index in [-0.39, 0.29) is 77.8 Å². The summed E-state index contributed by atoms with van der Waals surface area (Å²) in [7, 11) is 0. The Kier molecular flexibility index (Phi) is 7.92. The monoisotopic (exact) mass is 554 g/mol. The number of fused-ring (bicyclic) bond motifs is 2. The van der Waals surface area contributed by atoms with Gasteiger partial charge in [0.1, 0.15) is 24.6 Å². The average molecular weight is 555 g/mol. The van der Waals surface area contributed by atoms with Crippen molar-refractivity contribution < 1.29 is 52.5 Å². The van der Waals surface area contributed by atoms with E-state index in [2.05, 4.69) is 0 Å². The Morgan fingerprint density at radius 1 is 0.838 bits per heavy atom. The van der Waals surface area contributed by atoms with Gasteiger partial charge in [-0.1, -0.05) is 0 Å². The van der Waals surface area contributed by atoms with E-state index < -0.39 is 30.2 Å². The number of nitrogens with zero attached hydrogens (tertiary/aromatic N) is 2. The molecular formula is C22H22N2O11S2. The fourth-order valence-electron chi connectivity index (χ4n) is 3.93. The molecule has 37 heavy (non-hydrogen) atoms. The Hall–Kier alpha value is -3.33. The molecule has 0 spiro atoms. The van der Waals surface area contributed by atoms with E-state index >= 15 is 0 Å². The standard InChI is InChI=1S/C22H22N2O11S2/c1-10(26)32-6-12-8-36-16-3-14(28)23(16)19(12)21(30)34-18(5-25)35-22(31)20-13(7-33-11(2)27)9-37-17-4-15(29)24(17)20/h5,16-18H,3-4,6-9H2,1-2H3/t16-,17-/m1/s1. The van der Waals surface area contributed by atoms with Crippen molar-refractivity contribution in [3.63, 3.8) is 0 Å². The number of carbonyl (C=O) groups excluding carboxylic acids is 7. The number of amides is 2. The van der Waals surface area contributed by atoms with Gasteiger partial charge in [-0.3, -0.25) is 33.8 Å². The molecule has 0 aromatic heterocycles. The van der Waals surface area contributed by atoms with Gasteiger partial charge in [0.15, 0.2) is 0 Å². The minimum atomic E-state index is -2.00. The lowest BCUT2D eigenvalue weighted by molar-refractivity contribution is -0.186. The van der Waals surface area contributed by atoms with E-state index in [0.29, 0.717) is 11.1 Å². The molecule has 0 saturated carbocycles. The molecule has 0 aromatic carbocycles. The zero-order valence-electron chi connectivity index (χ0n) is 19.8. The molecule has 198 valence electrons. The highest BCUT2D eigenvalue weighted by Crippen LogP contribution is 2.41. The average Bonchev–Trinajstić information content (AvgIpc) is 2.84. The maximum Gasteiger partial charge on any atom is 0.358 e. The van der Waals surface area contributed by atoms with E-state index in [0.717, 1.165) is 0 Å². The van der Waals surface area contributed by atoms with E-state index in [4.69, 9.17) is 18.9 Å². The first-order valence-electron chi connectivity index (χ1n) is 11.1. The number of hydrogen-bond acceptors (Lipinski definition) is 13. The van der Waals surface area contributed by atoms with Crippen molar-refractivity contribution in [3.05, 3.63) is 22.5 Å². The van der Waals surface area contributed by atoms with E-state index in [1.54, 1.807) is 0 Å². The van der Waals surface area contributed by atoms with Crippen LogP contribution in [-0.2, 0) is 52.5 Å². The lowest BCUT2D eigenvalue weighted by Gasteiger charge is -2.44. The van der Waals surface area contributed by atoms with Crippen LogP contribution < -0.4 is 0 Å². The molecule has 4 aliphatic rings. The largest absolute Gasteiger partial charge is 0.461 e. The summed E-state index contributed by atoms with van der Waals surface area (Å²) in [4.78, 5) is 87.0. The van der Waals surface area contributed by atoms with Crippen molar-refractivity contribution in [2.24, 2.45) is 0 Å². The molecular weight excluding hydrogens is 532 g/mol. The number of thioether (sulfide) groups is 2. The summed E-state index contributed by atoms with van der Waals surface area (Å²) in [6, 6.07) is 0. The van der Waals surface area contributed by atoms with Gasteiger partial charge < -0.3 is 18.9 Å². The Labute approximate surface area is 218 Å². The summed E-state index contributed by atoms with van der Waals surface area (Å²) in [5.41, 5.74) is 0.252. The highest BCUT2D eigenvalue weighted by molar-refractivity contribution is 8.00. The minimum Gasteiger partial charge on any atom is -0.461 e. The van der Waals surface area contributed by atoms with Crippen LogP contribution >= 0.6 is 23.5 Å². The minimum absolute atomic E-state index is 0.0778. The zero-order chi connectivity index (χ0) is 26.9. The first kappa shape index (κ1) is 26.7. The van der Waals surface area contributed by atoms with Gasteiger partial charge in [0, 0.05) is 36.5 Å². The van der Waals surface area contributed by atoms with Gasteiger partial charge >= 0.3 is 30.2 Å². The van der Waals surface area contributed by atoms with Crippen molar-refractivity contribution in [1.82, 2.24) is 9.80 Å². The molecule has 0 N–H and O–H groups in total. The van der Waals surface area contributed by atoms with Gasteiger partial charge in [-0.2, -0.15) is 0 Å². The van der Waals surface area contributed by atoms with Gasteiger partial charge in [0.2, 0.25) is 18.1 Å². The Bertz CT molecular complexity index is 1060. The third kappa shape index (κ3) is 5.51. The number of hydrogen-bond donors (Lipinski definition) is 0. The molecule has 2 saturated heterocycles. The fraction of sp³-hybridized carbons (Fsp3) is 0.500. The van der Waals surface area contributed by atoms with Crippen molar-refractivity contribution in [2.75, 3.05) is 24.7 Å². The molecule has 0 aliphatic carbocycles. The molecule has 4 rings (SSSR count). The number of ether oxygens (including phenoxy) is 4. The SMILES string of the molecule is CC(=O)OCC1=C(C(=O)OC(C=O)OC(=O)C2=C(COC(C)=O)CS[C@@H]3CC(=O)N23)N2C(=O)C[C@H]2SC1. The summed E-state index contributed by atoms with van der Waals surface area (Å²) in [5.74, 6) is -3.57. The highest BCUT2D eigenvalue weighted by atomic mass is 32.2. The predicted octanol–water partition coefficient (Wildman–Crippen LogP) is -0.157. The Balaban J connectivity index is 1.52. The second-order valence-corrected chi connectivity index (χ2v) is 10.6. The quantitative estimate of drug-likeness (QED) is 0.122. The second-order valence-electron chi connectivity index (χ2n) is 8.25. The maximum atomic E-state index is 13.0. The molecule has 0 aromatic rings. The van der Waals surface area contributed by atoms with Crippen LogP contribution in [0.25, 0.3) is 0 Å². The summed E-state index contributed by atoms with van der Waals surface area (Å²) < 4.78 is 20.2. The van der Waals surface area contributed by atoms with Crippen molar-refractivity contribution in [2.45, 2.75) is 43.7 Å². The number of β-lactam (4-membered cyclic amide) rings is 2. The smallest absolute Gasteiger partial charge is 0.358 e. The molecule has 4 heterocycles. The summed E-state index contributed by atoms with van der Waals surface area (Å²) in [6.45, 7) is 1.85. The van der Waals surface area contributed by atoms with E-state index in [9.17, 15) is 33.6 Å². The number of carbonyl (C=O) groups is 7. The number of aldehydes is 1. The van der Waals surface area contributed by atoms with Crippen LogP contribution in [-0.4, -0.2) is 93.5 Å². The summed E-state index contributed by atoms with van der Waals surface area (Å²) in [5, 5.41) is -0.618. The third-order valence-electron chi connectivity index (χ3n) is 5.71. The van der Waals surface area contributed by atoms with Crippen LogP contribution in [0, 0.1) is 0 Å². The molecule has 0 bridgehead atoms. The van der Waals surface area contributed by atoms with E-state index in [1.165, 1.54) is 47.2 Å².